The van der Waals surface area contributed by atoms with E-state index in [0.717, 1.165) is 35.0 Å². The van der Waals surface area contributed by atoms with Gasteiger partial charge in [-0.1, -0.05) is 28.9 Å². The van der Waals surface area contributed by atoms with Crippen LogP contribution >= 0.6 is 15.9 Å². The first kappa shape index (κ1) is 12.1. The molecule has 0 aromatic heterocycles. The molecule has 2 atom stereocenters. The lowest BCUT2D eigenvalue weighted by Crippen LogP contribution is -2.21. The minimum atomic E-state index is -0.186. The van der Waals surface area contributed by atoms with E-state index < -0.39 is 0 Å². The van der Waals surface area contributed by atoms with Crippen LogP contribution in [0.15, 0.2) is 22.7 Å². The van der Waals surface area contributed by atoms with Crippen molar-refractivity contribution in [2.75, 3.05) is 13.6 Å². The summed E-state index contributed by atoms with van der Waals surface area (Å²) in [6.07, 6.45) is 1.36. The Morgan fingerprint density at radius 3 is 2.75 bits per heavy atom. The molecule has 0 heterocycles. The number of halogens is 2. The van der Waals surface area contributed by atoms with Gasteiger partial charge in [0.1, 0.15) is 5.82 Å². The molecule has 0 spiro atoms. The molecule has 1 aromatic rings. The van der Waals surface area contributed by atoms with E-state index in [1.54, 1.807) is 0 Å². The SMILES string of the molecule is CC1CC1CN(C)Cc1ccc(F)cc1Br. The smallest absolute Gasteiger partial charge is 0.124 e. The molecule has 88 valence electrons. The fourth-order valence-corrected chi connectivity index (χ4v) is 2.54. The third-order valence-electron chi connectivity index (χ3n) is 3.28. The molecule has 1 aliphatic rings. The Kier molecular flexibility index (Phi) is 3.65. The van der Waals surface area contributed by atoms with Gasteiger partial charge >= 0.3 is 0 Å². The first-order valence-electron chi connectivity index (χ1n) is 5.68. The predicted molar refractivity (Wildman–Crippen MR) is 67.7 cm³/mol. The van der Waals surface area contributed by atoms with Gasteiger partial charge in [0.05, 0.1) is 0 Å². The average molecular weight is 286 g/mol. The van der Waals surface area contributed by atoms with E-state index in [4.69, 9.17) is 0 Å². The fourth-order valence-electron chi connectivity index (χ4n) is 2.06. The second-order valence-electron chi connectivity index (χ2n) is 4.91. The molecule has 0 amide bonds. The van der Waals surface area contributed by atoms with Crippen molar-refractivity contribution < 1.29 is 4.39 Å². The van der Waals surface area contributed by atoms with Gasteiger partial charge in [0.2, 0.25) is 0 Å². The summed E-state index contributed by atoms with van der Waals surface area (Å²) in [6, 6.07) is 4.91. The van der Waals surface area contributed by atoms with Crippen LogP contribution in [0.4, 0.5) is 4.39 Å². The lowest BCUT2D eigenvalue weighted by molar-refractivity contribution is 0.307. The summed E-state index contributed by atoms with van der Waals surface area (Å²) < 4.78 is 13.8. The second-order valence-corrected chi connectivity index (χ2v) is 5.76. The van der Waals surface area contributed by atoms with Crippen LogP contribution in [0.1, 0.15) is 18.9 Å². The second kappa shape index (κ2) is 4.84. The van der Waals surface area contributed by atoms with Crippen molar-refractivity contribution in [3.8, 4) is 0 Å². The van der Waals surface area contributed by atoms with Gasteiger partial charge in [0.15, 0.2) is 0 Å². The van der Waals surface area contributed by atoms with Crippen molar-refractivity contribution >= 4 is 15.9 Å². The summed E-state index contributed by atoms with van der Waals surface area (Å²) in [5, 5.41) is 0. The van der Waals surface area contributed by atoms with Crippen LogP contribution in [0.25, 0.3) is 0 Å². The molecule has 0 saturated heterocycles. The van der Waals surface area contributed by atoms with Gasteiger partial charge in [0.25, 0.3) is 0 Å². The third kappa shape index (κ3) is 3.05. The van der Waals surface area contributed by atoms with Crippen molar-refractivity contribution in [1.82, 2.24) is 4.90 Å². The molecular formula is C13H17BrFN. The summed E-state index contributed by atoms with van der Waals surface area (Å²) in [4.78, 5) is 2.31. The Morgan fingerprint density at radius 2 is 2.19 bits per heavy atom. The van der Waals surface area contributed by atoms with E-state index in [1.807, 2.05) is 6.07 Å². The Morgan fingerprint density at radius 1 is 1.50 bits per heavy atom. The molecule has 0 radical (unpaired) electrons. The predicted octanol–water partition coefficient (Wildman–Crippen LogP) is 3.68. The Balaban J connectivity index is 1.92. The van der Waals surface area contributed by atoms with Gasteiger partial charge in [-0.25, -0.2) is 4.39 Å². The van der Waals surface area contributed by atoms with Crippen molar-refractivity contribution in [3.05, 3.63) is 34.1 Å². The highest BCUT2D eigenvalue weighted by atomic mass is 79.9. The summed E-state index contributed by atoms with van der Waals surface area (Å²) >= 11 is 3.40. The lowest BCUT2D eigenvalue weighted by Gasteiger charge is -2.17. The van der Waals surface area contributed by atoms with Gasteiger partial charge in [-0.3, -0.25) is 0 Å². The van der Waals surface area contributed by atoms with Crippen LogP contribution in [0, 0.1) is 17.7 Å². The number of hydrogen-bond acceptors (Lipinski definition) is 1. The molecule has 1 aromatic carbocycles. The number of benzene rings is 1. The molecule has 3 heteroatoms. The summed E-state index contributed by atoms with van der Waals surface area (Å²) in [7, 11) is 2.13. The molecule has 0 aliphatic heterocycles. The molecule has 16 heavy (non-hydrogen) atoms. The third-order valence-corrected chi connectivity index (χ3v) is 4.02. The zero-order valence-corrected chi connectivity index (χ0v) is 11.3. The zero-order valence-electron chi connectivity index (χ0n) is 9.71. The fraction of sp³-hybridized carbons (Fsp3) is 0.538. The van der Waals surface area contributed by atoms with Gasteiger partial charge in [-0.15, -0.1) is 0 Å². The van der Waals surface area contributed by atoms with Crippen LogP contribution in [-0.2, 0) is 6.54 Å². The largest absolute Gasteiger partial charge is 0.302 e. The minimum Gasteiger partial charge on any atom is -0.302 e. The van der Waals surface area contributed by atoms with Crippen molar-refractivity contribution in [1.29, 1.82) is 0 Å². The minimum absolute atomic E-state index is 0.186. The van der Waals surface area contributed by atoms with Gasteiger partial charge in [-0.2, -0.15) is 0 Å². The van der Waals surface area contributed by atoms with E-state index in [0.29, 0.717) is 0 Å². The molecule has 1 aliphatic carbocycles. The molecule has 2 rings (SSSR count). The topological polar surface area (TPSA) is 3.24 Å². The van der Waals surface area contributed by atoms with Crippen LogP contribution in [-0.4, -0.2) is 18.5 Å². The van der Waals surface area contributed by atoms with E-state index in [9.17, 15) is 4.39 Å². The Bertz CT molecular complexity index is 380. The highest BCUT2D eigenvalue weighted by molar-refractivity contribution is 9.10. The van der Waals surface area contributed by atoms with E-state index in [-0.39, 0.29) is 5.82 Å². The van der Waals surface area contributed by atoms with E-state index in [1.165, 1.54) is 18.6 Å². The summed E-state index contributed by atoms with van der Waals surface area (Å²) in [5.74, 6) is 1.57. The van der Waals surface area contributed by atoms with Gasteiger partial charge in [0, 0.05) is 17.6 Å². The van der Waals surface area contributed by atoms with E-state index >= 15 is 0 Å². The first-order valence-corrected chi connectivity index (χ1v) is 6.48. The van der Waals surface area contributed by atoms with Gasteiger partial charge in [-0.05, 0) is 43.0 Å². The number of hydrogen-bond donors (Lipinski definition) is 0. The molecular weight excluding hydrogens is 269 g/mol. The average Bonchev–Trinajstić information content (AvgIpc) is 2.86. The maximum Gasteiger partial charge on any atom is 0.124 e. The highest BCUT2D eigenvalue weighted by Crippen LogP contribution is 2.38. The van der Waals surface area contributed by atoms with Crippen LogP contribution < -0.4 is 0 Å². The Hall–Kier alpha value is -0.410. The number of rotatable bonds is 4. The highest BCUT2D eigenvalue weighted by Gasteiger charge is 2.33. The quantitative estimate of drug-likeness (QED) is 0.816. The monoisotopic (exact) mass is 285 g/mol. The van der Waals surface area contributed by atoms with Gasteiger partial charge < -0.3 is 4.90 Å². The molecule has 1 nitrogen and oxygen atoms in total. The van der Waals surface area contributed by atoms with Crippen LogP contribution in [0.5, 0.6) is 0 Å². The summed E-state index contributed by atoms with van der Waals surface area (Å²) in [6.45, 7) is 4.32. The van der Waals surface area contributed by atoms with Crippen molar-refractivity contribution in [2.45, 2.75) is 19.9 Å². The molecule has 1 saturated carbocycles. The lowest BCUT2D eigenvalue weighted by atomic mass is 10.2. The Labute approximate surface area is 105 Å². The molecule has 0 N–H and O–H groups in total. The van der Waals surface area contributed by atoms with Crippen LogP contribution in [0.3, 0.4) is 0 Å². The number of nitrogens with zero attached hydrogens (tertiary/aromatic N) is 1. The standard InChI is InChI=1S/C13H17BrFN/c1-9-5-11(9)8-16(2)7-10-3-4-12(15)6-13(10)14/h3-4,6,9,11H,5,7-8H2,1-2H3. The first-order chi connectivity index (χ1) is 7.56. The summed E-state index contributed by atoms with van der Waals surface area (Å²) in [5.41, 5.74) is 1.15. The molecule has 1 fully saturated rings. The maximum absolute atomic E-state index is 12.9. The maximum atomic E-state index is 12.9. The zero-order chi connectivity index (χ0) is 11.7. The van der Waals surface area contributed by atoms with Crippen molar-refractivity contribution in [2.24, 2.45) is 11.8 Å². The molecule has 2 unspecified atom stereocenters. The van der Waals surface area contributed by atoms with E-state index in [2.05, 4.69) is 34.8 Å². The van der Waals surface area contributed by atoms with Crippen molar-refractivity contribution in [3.63, 3.8) is 0 Å². The van der Waals surface area contributed by atoms with Crippen LogP contribution in [0.2, 0.25) is 0 Å². The molecule has 0 bridgehead atoms. The normalized spacial score (nSPS) is 23.8.